The van der Waals surface area contributed by atoms with Crippen LogP contribution in [-0.2, 0) is 9.53 Å². The molecule has 1 aromatic carbocycles. The molecule has 0 aliphatic heterocycles. The number of hydrogen-bond acceptors (Lipinski definition) is 3. The molecule has 0 amide bonds. The summed E-state index contributed by atoms with van der Waals surface area (Å²) in [5, 5.41) is 10.3. The quantitative estimate of drug-likeness (QED) is 0.847. The molecule has 0 heterocycles. The number of aliphatic hydroxyl groups excluding tert-OH is 1. The van der Waals surface area contributed by atoms with Crippen LogP contribution in [0.1, 0.15) is 25.0 Å². The third-order valence-electron chi connectivity index (χ3n) is 2.53. The van der Waals surface area contributed by atoms with Crippen LogP contribution in [0.2, 0.25) is 5.02 Å². The Balaban J connectivity index is 2.84. The largest absolute Gasteiger partial charge is 0.469 e. The van der Waals surface area contributed by atoms with Crippen LogP contribution in [0, 0.1) is 11.7 Å². The van der Waals surface area contributed by atoms with Crippen molar-refractivity contribution in [3.63, 3.8) is 0 Å². The second-order valence-electron chi connectivity index (χ2n) is 3.87. The van der Waals surface area contributed by atoms with E-state index >= 15 is 0 Å². The van der Waals surface area contributed by atoms with Gasteiger partial charge >= 0.3 is 5.97 Å². The normalized spacial score (nSPS) is 14.2. The van der Waals surface area contributed by atoms with Gasteiger partial charge in [-0.15, -0.1) is 0 Å². The van der Waals surface area contributed by atoms with E-state index in [9.17, 15) is 14.3 Å². The van der Waals surface area contributed by atoms with Gasteiger partial charge in [0.25, 0.3) is 0 Å². The van der Waals surface area contributed by atoms with Crippen molar-refractivity contribution < 1.29 is 19.0 Å². The molecular weight excluding hydrogens is 247 g/mol. The van der Waals surface area contributed by atoms with Gasteiger partial charge in [0.05, 0.1) is 19.6 Å². The molecule has 1 N–H and O–H groups in total. The van der Waals surface area contributed by atoms with Crippen LogP contribution in [-0.4, -0.2) is 18.2 Å². The van der Waals surface area contributed by atoms with Gasteiger partial charge in [0.15, 0.2) is 0 Å². The minimum absolute atomic E-state index is 0.0175. The lowest BCUT2D eigenvalue weighted by molar-refractivity contribution is -0.142. The summed E-state index contributed by atoms with van der Waals surface area (Å²) >= 11 is 5.73. The van der Waals surface area contributed by atoms with Crippen LogP contribution in [0.25, 0.3) is 0 Å². The van der Waals surface area contributed by atoms with Gasteiger partial charge in [0, 0.05) is 10.6 Å². The van der Waals surface area contributed by atoms with Gasteiger partial charge in [0.2, 0.25) is 0 Å². The fourth-order valence-corrected chi connectivity index (χ4v) is 1.69. The molecule has 0 saturated carbocycles. The lowest BCUT2D eigenvalue weighted by Crippen LogP contribution is -2.16. The minimum atomic E-state index is -1.09. The predicted octanol–water partition coefficient (Wildman–Crippen LogP) is 2.71. The summed E-state index contributed by atoms with van der Waals surface area (Å²) < 4.78 is 18.0. The lowest BCUT2D eigenvalue weighted by atomic mass is 9.94. The first kappa shape index (κ1) is 13.9. The number of carbonyl (C=O) groups is 1. The average Bonchev–Trinajstić information content (AvgIpc) is 2.31. The molecule has 0 saturated heterocycles. The first-order valence-electron chi connectivity index (χ1n) is 5.15. The van der Waals surface area contributed by atoms with Crippen molar-refractivity contribution in [2.24, 2.45) is 5.92 Å². The average molecular weight is 261 g/mol. The fraction of sp³-hybridized carbons (Fsp3) is 0.417. The van der Waals surface area contributed by atoms with Gasteiger partial charge in [-0.1, -0.05) is 18.5 Å². The van der Waals surface area contributed by atoms with Crippen molar-refractivity contribution in [3.8, 4) is 0 Å². The summed E-state index contributed by atoms with van der Waals surface area (Å²) in [6.07, 6.45) is -1.07. The summed E-state index contributed by atoms with van der Waals surface area (Å²) in [6.45, 7) is 1.64. The van der Waals surface area contributed by atoms with Gasteiger partial charge in [-0.2, -0.15) is 0 Å². The number of benzene rings is 1. The number of ether oxygens (including phenoxy) is 1. The van der Waals surface area contributed by atoms with Crippen LogP contribution >= 0.6 is 11.6 Å². The number of aliphatic hydroxyl groups is 1. The van der Waals surface area contributed by atoms with Crippen LogP contribution in [0.3, 0.4) is 0 Å². The van der Waals surface area contributed by atoms with Crippen molar-refractivity contribution >= 4 is 17.6 Å². The molecule has 2 unspecified atom stereocenters. The van der Waals surface area contributed by atoms with Crippen molar-refractivity contribution in [2.45, 2.75) is 19.4 Å². The molecule has 1 rings (SSSR count). The molecule has 2 atom stereocenters. The van der Waals surface area contributed by atoms with Crippen LogP contribution in [0.4, 0.5) is 4.39 Å². The van der Waals surface area contributed by atoms with Crippen LogP contribution < -0.4 is 0 Å². The molecular formula is C12H14ClFO3. The number of esters is 1. The molecule has 5 heteroatoms. The maximum absolute atomic E-state index is 13.5. The van der Waals surface area contributed by atoms with E-state index in [0.717, 1.165) is 0 Å². The van der Waals surface area contributed by atoms with E-state index in [1.165, 1.54) is 25.3 Å². The number of hydrogen-bond donors (Lipinski definition) is 1. The molecule has 0 spiro atoms. The second-order valence-corrected chi connectivity index (χ2v) is 4.30. The topological polar surface area (TPSA) is 46.5 Å². The zero-order chi connectivity index (χ0) is 13.0. The molecule has 0 fully saturated rings. The number of methoxy groups -OCH3 is 1. The first-order valence-corrected chi connectivity index (χ1v) is 5.53. The van der Waals surface area contributed by atoms with Crippen molar-refractivity contribution in [1.82, 2.24) is 0 Å². The highest BCUT2D eigenvalue weighted by molar-refractivity contribution is 6.30. The molecule has 17 heavy (non-hydrogen) atoms. The van der Waals surface area contributed by atoms with Crippen LogP contribution in [0.5, 0.6) is 0 Å². The Morgan fingerprint density at radius 2 is 2.24 bits per heavy atom. The highest BCUT2D eigenvalue weighted by Gasteiger charge is 2.22. The monoisotopic (exact) mass is 260 g/mol. The highest BCUT2D eigenvalue weighted by Crippen LogP contribution is 2.28. The van der Waals surface area contributed by atoms with Crippen molar-refractivity contribution in [2.75, 3.05) is 7.11 Å². The third kappa shape index (κ3) is 3.68. The van der Waals surface area contributed by atoms with Gasteiger partial charge in [-0.3, -0.25) is 4.79 Å². The predicted molar refractivity (Wildman–Crippen MR) is 62.2 cm³/mol. The summed E-state index contributed by atoms with van der Waals surface area (Å²) in [5.74, 6) is -1.44. The Hall–Kier alpha value is -1.13. The van der Waals surface area contributed by atoms with E-state index < -0.39 is 23.8 Å². The highest BCUT2D eigenvalue weighted by atomic mass is 35.5. The molecule has 0 aliphatic carbocycles. The van der Waals surface area contributed by atoms with E-state index in [-0.39, 0.29) is 12.0 Å². The van der Waals surface area contributed by atoms with Gasteiger partial charge in [-0.25, -0.2) is 4.39 Å². The Kier molecular flexibility index (Phi) is 4.90. The van der Waals surface area contributed by atoms with Gasteiger partial charge in [-0.05, 0) is 24.1 Å². The molecule has 94 valence electrons. The van der Waals surface area contributed by atoms with E-state index in [2.05, 4.69) is 4.74 Å². The van der Waals surface area contributed by atoms with E-state index in [1.54, 1.807) is 6.92 Å². The van der Waals surface area contributed by atoms with Gasteiger partial charge in [0.1, 0.15) is 5.82 Å². The number of rotatable bonds is 4. The standard InChI is InChI=1S/C12H14ClFO3/c1-7(5-11(15)17-2)12(16)9-6-8(13)3-4-10(9)14/h3-4,6-7,12,16H,5H2,1-2H3. The molecule has 0 bridgehead atoms. The fourth-order valence-electron chi connectivity index (χ4n) is 1.51. The number of halogens is 2. The molecule has 0 aliphatic rings. The summed E-state index contributed by atoms with van der Waals surface area (Å²) in [6, 6.07) is 3.94. The summed E-state index contributed by atoms with van der Waals surface area (Å²) in [4.78, 5) is 11.1. The Morgan fingerprint density at radius 1 is 1.59 bits per heavy atom. The second kappa shape index (κ2) is 5.98. The van der Waals surface area contributed by atoms with E-state index in [4.69, 9.17) is 11.6 Å². The third-order valence-corrected chi connectivity index (χ3v) is 2.77. The van der Waals surface area contributed by atoms with E-state index in [0.29, 0.717) is 5.02 Å². The zero-order valence-electron chi connectivity index (χ0n) is 9.61. The summed E-state index contributed by atoms with van der Waals surface area (Å²) in [7, 11) is 1.27. The molecule has 0 aromatic heterocycles. The SMILES string of the molecule is COC(=O)CC(C)C(O)c1cc(Cl)ccc1F. The van der Waals surface area contributed by atoms with Gasteiger partial charge < -0.3 is 9.84 Å². The molecule has 1 aromatic rings. The zero-order valence-corrected chi connectivity index (χ0v) is 10.4. The number of carbonyl (C=O) groups excluding carboxylic acids is 1. The Morgan fingerprint density at radius 3 is 2.82 bits per heavy atom. The van der Waals surface area contributed by atoms with Crippen LogP contribution in [0.15, 0.2) is 18.2 Å². The lowest BCUT2D eigenvalue weighted by Gasteiger charge is -2.18. The maximum atomic E-state index is 13.5. The Labute approximate surface area is 104 Å². The van der Waals surface area contributed by atoms with Crippen molar-refractivity contribution in [3.05, 3.63) is 34.6 Å². The summed E-state index contributed by atoms with van der Waals surface area (Å²) in [5.41, 5.74) is 0.0916. The smallest absolute Gasteiger partial charge is 0.305 e. The van der Waals surface area contributed by atoms with Crippen molar-refractivity contribution in [1.29, 1.82) is 0 Å². The Bertz CT molecular complexity index is 409. The minimum Gasteiger partial charge on any atom is -0.469 e. The molecule has 0 radical (unpaired) electrons. The maximum Gasteiger partial charge on any atom is 0.305 e. The molecule has 3 nitrogen and oxygen atoms in total. The van der Waals surface area contributed by atoms with E-state index in [1.807, 2.05) is 0 Å². The first-order chi connectivity index (χ1) is 7.95.